The van der Waals surface area contributed by atoms with Crippen LogP contribution in [0.15, 0.2) is 29.4 Å². The average molecular weight is 183 g/mol. The highest BCUT2D eigenvalue weighted by molar-refractivity contribution is 7.99. The molecule has 0 radical (unpaired) electrons. The molecule has 12 heavy (non-hydrogen) atoms. The zero-order chi connectivity index (χ0) is 8.81. The Bertz CT molecular complexity index is 252. The summed E-state index contributed by atoms with van der Waals surface area (Å²) >= 11 is 1.35. The molecule has 5 heteroatoms. The minimum atomic E-state index is -0.203. The van der Waals surface area contributed by atoms with Gasteiger partial charge in [0.2, 0.25) is 5.91 Å². The molecule has 64 valence electrons. The van der Waals surface area contributed by atoms with Gasteiger partial charge in [-0.1, -0.05) is 17.8 Å². The molecule has 1 rings (SSSR count). The lowest BCUT2D eigenvalue weighted by Gasteiger charge is -1.98. The van der Waals surface area contributed by atoms with Crippen LogP contribution in [0.25, 0.3) is 0 Å². The molecule has 0 aliphatic heterocycles. The number of thioether (sulfide) groups is 1. The first-order valence-corrected chi connectivity index (χ1v) is 4.35. The van der Waals surface area contributed by atoms with Gasteiger partial charge in [0.1, 0.15) is 0 Å². The third kappa shape index (κ3) is 2.89. The van der Waals surface area contributed by atoms with Crippen LogP contribution in [-0.2, 0) is 4.79 Å². The number of hydrogen-bond donors (Lipinski definition) is 2. The Morgan fingerprint density at radius 2 is 2.50 bits per heavy atom. The Morgan fingerprint density at radius 3 is 3.08 bits per heavy atom. The van der Waals surface area contributed by atoms with E-state index in [1.54, 1.807) is 6.20 Å². The second-order valence-corrected chi connectivity index (χ2v) is 3.02. The fourth-order valence-corrected chi connectivity index (χ4v) is 1.29. The van der Waals surface area contributed by atoms with Crippen LogP contribution in [0, 0.1) is 0 Å². The van der Waals surface area contributed by atoms with Crippen molar-refractivity contribution in [3.63, 3.8) is 0 Å². The Kier molecular flexibility index (Phi) is 3.56. The molecule has 0 saturated carbocycles. The Balaban J connectivity index is 2.38. The predicted molar refractivity (Wildman–Crippen MR) is 47.3 cm³/mol. The third-order valence-electron chi connectivity index (χ3n) is 1.15. The van der Waals surface area contributed by atoms with Gasteiger partial charge in [-0.05, 0) is 12.1 Å². The highest BCUT2D eigenvalue weighted by Gasteiger charge is 1.99. The monoisotopic (exact) mass is 183 g/mol. The van der Waals surface area contributed by atoms with E-state index in [2.05, 4.69) is 4.98 Å². The molecule has 0 spiro atoms. The number of nitrogens with zero attached hydrogens (tertiary/aromatic N) is 1. The zero-order valence-electron chi connectivity index (χ0n) is 6.36. The average Bonchev–Trinajstić information content (AvgIpc) is 2.16. The summed E-state index contributed by atoms with van der Waals surface area (Å²) in [6.45, 7) is 0. The predicted octanol–water partition coefficient (Wildman–Crippen LogP) is 0.164. The van der Waals surface area contributed by atoms with E-state index < -0.39 is 0 Å². The van der Waals surface area contributed by atoms with Gasteiger partial charge < -0.3 is 0 Å². The quantitative estimate of drug-likeness (QED) is 0.303. The normalized spacial score (nSPS) is 9.42. The van der Waals surface area contributed by atoms with Gasteiger partial charge in [-0.25, -0.2) is 10.8 Å². The van der Waals surface area contributed by atoms with E-state index >= 15 is 0 Å². The van der Waals surface area contributed by atoms with Crippen molar-refractivity contribution in [1.29, 1.82) is 0 Å². The SMILES string of the molecule is NNC(=O)CSc1ccccn1. The standard InChI is InChI=1S/C7H9N3OS/c8-10-6(11)5-12-7-3-1-2-4-9-7/h1-4H,5,8H2,(H,10,11). The minimum Gasteiger partial charge on any atom is -0.294 e. The molecule has 0 aliphatic rings. The van der Waals surface area contributed by atoms with Crippen LogP contribution in [0.5, 0.6) is 0 Å². The van der Waals surface area contributed by atoms with E-state index in [4.69, 9.17) is 5.84 Å². The molecule has 0 bridgehead atoms. The van der Waals surface area contributed by atoms with E-state index in [-0.39, 0.29) is 5.91 Å². The summed E-state index contributed by atoms with van der Waals surface area (Å²) in [5, 5.41) is 0.820. The van der Waals surface area contributed by atoms with E-state index in [9.17, 15) is 4.79 Å². The van der Waals surface area contributed by atoms with Crippen molar-refractivity contribution in [3.8, 4) is 0 Å². The number of amides is 1. The van der Waals surface area contributed by atoms with Gasteiger partial charge in [-0.2, -0.15) is 0 Å². The van der Waals surface area contributed by atoms with Crippen molar-refractivity contribution in [2.75, 3.05) is 5.75 Å². The molecular formula is C7H9N3OS. The van der Waals surface area contributed by atoms with Gasteiger partial charge in [0.05, 0.1) is 10.8 Å². The number of rotatable bonds is 3. The van der Waals surface area contributed by atoms with Crippen molar-refractivity contribution in [2.45, 2.75) is 5.03 Å². The second-order valence-electron chi connectivity index (χ2n) is 2.02. The zero-order valence-corrected chi connectivity index (χ0v) is 7.17. The van der Waals surface area contributed by atoms with Gasteiger partial charge in [0.25, 0.3) is 0 Å². The number of carbonyl (C=O) groups excluding carboxylic acids is 1. The van der Waals surface area contributed by atoms with Gasteiger partial charge in [0.15, 0.2) is 0 Å². The van der Waals surface area contributed by atoms with Crippen molar-refractivity contribution >= 4 is 17.7 Å². The van der Waals surface area contributed by atoms with Crippen molar-refractivity contribution < 1.29 is 4.79 Å². The summed E-state index contributed by atoms with van der Waals surface area (Å²) in [5.74, 6) is 5.00. The molecule has 0 aliphatic carbocycles. The lowest BCUT2D eigenvalue weighted by molar-refractivity contribution is -0.118. The number of nitrogens with one attached hydrogen (secondary N) is 1. The molecule has 0 saturated heterocycles. The highest BCUT2D eigenvalue weighted by Crippen LogP contribution is 2.12. The molecule has 1 aromatic rings. The number of hydrazine groups is 1. The molecule has 0 atom stereocenters. The van der Waals surface area contributed by atoms with Crippen LogP contribution in [0.3, 0.4) is 0 Å². The number of pyridine rings is 1. The molecule has 1 heterocycles. The second kappa shape index (κ2) is 4.74. The van der Waals surface area contributed by atoms with Crippen LogP contribution in [0.4, 0.5) is 0 Å². The molecule has 0 fully saturated rings. The Labute approximate surface area is 74.5 Å². The Hall–Kier alpha value is -1.07. The number of nitrogens with two attached hydrogens (primary N) is 1. The number of aromatic nitrogens is 1. The minimum absolute atomic E-state index is 0.203. The number of hydrogen-bond acceptors (Lipinski definition) is 4. The van der Waals surface area contributed by atoms with Crippen LogP contribution in [-0.4, -0.2) is 16.6 Å². The van der Waals surface area contributed by atoms with Crippen molar-refractivity contribution in [2.24, 2.45) is 5.84 Å². The van der Waals surface area contributed by atoms with E-state index in [0.29, 0.717) is 5.75 Å². The fraction of sp³-hybridized carbons (Fsp3) is 0.143. The molecule has 4 nitrogen and oxygen atoms in total. The van der Waals surface area contributed by atoms with Crippen molar-refractivity contribution in [3.05, 3.63) is 24.4 Å². The van der Waals surface area contributed by atoms with Crippen LogP contribution < -0.4 is 11.3 Å². The molecule has 3 N–H and O–H groups in total. The fourth-order valence-electron chi connectivity index (χ4n) is 0.614. The first kappa shape index (κ1) is 9.02. The largest absolute Gasteiger partial charge is 0.294 e. The lowest BCUT2D eigenvalue weighted by Crippen LogP contribution is -2.31. The van der Waals surface area contributed by atoms with Crippen molar-refractivity contribution in [1.82, 2.24) is 10.4 Å². The van der Waals surface area contributed by atoms with Gasteiger partial charge >= 0.3 is 0 Å². The first-order chi connectivity index (χ1) is 5.83. The summed E-state index contributed by atoms with van der Waals surface area (Å²) in [6.07, 6.45) is 1.68. The molecule has 0 unspecified atom stereocenters. The highest BCUT2D eigenvalue weighted by atomic mass is 32.2. The smallest absolute Gasteiger partial charge is 0.244 e. The van der Waals surface area contributed by atoms with Gasteiger partial charge in [-0.15, -0.1) is 0 Å². The van der Waals surface area contributed by atoms with Crippen LogP contribution in [0.2, 0.25) is 0 Å². The first-order valence-electron chi connectivity index (χ1n) is 3.36. The molecule has 0 aromatic carbocycles. The summed E-state index contributed by atoms with van der Waals surface area (Å²) < 4.78 is 0. The van der Waals surface area contributed by atoms with E-state index in [1.165, 1.54) is 11.8 Å². The molecule has 1 aromatic heterocycles. The summed E-state index contributed by atoms with van der Waals surface area (Å²) in [4.78, 5) is 14.7. The number of carbonyl (C=O) groups is 1. The summed E-state index contributed by atoms with van der Waals surface area (Å²) in [7, 11) is 0. The summed E-state index contributed by atoms with van der Waals surface area (Å²) in [5.41, 5.74) is 2.05. The third-order valence-corrected chi connectivity index (χ3v) is 2.09. The molecule has 1 amide bonds. The van der Waals surface area contributed by atoms with E-state index in [0.717, 1.165) is 5.03 Å². The topological polar surface area (TPSA) is 68.0 Å². The summed E-state index contributed by atoms with van der Waals surface area (Å²) in [6, 6.07) is 5.54. The molecular weight excluding hydrogens is 174 g/mol. The van der Waals surface area contributed by atoms with Crippen LogP contribution >= 0.6 is 11.8 Å². The lowest BCUT2D eigenvalue weighted by atomic mass is 10.5. The van der Waals surface area contributed by atoms with Gasteiger partial charge in [0, 0.05) is 6.20 Å². The maximum Gasteiger partial charge on any atom is 0.244 e. The van der Waals surface area contributed by atoms with E-state index in [1.807, 2.05) is 23.6 Å². The maximum absolute atomic E-state index is 10.7. The van der Waals surface area contributed by atoms with Crippen LogP contribution in [0.1, 0.15) is 0 Å². The maximum atomic E-state index is 10.7. The Morgan fingerprint density at radius 1 is 1.67 bits per heavy atom. The van der Waals surface area contributed by atoms with Gasteiger partial charge in [-0.3, -0.25) is 10.2 Å².